The molecule has 0 amide bonds. The number of methoxy groups -OCH3 is 1. The maximum absolute atomic E-state index is 5.90. The molecule has 1 unspecified atom stereocenters. The zero-order chi connectivity index (χ0) is 15.3. The van der Waals surface area contributed by atoms with Gasteiger partial charge in [-0.3, -0.25) is 0 Å². The normalized spacial score (nSPS) is 12.5. The first-order valence-corrected chi connectivity index (χ1v) is 8.71. The van der Waals surface area contributed by atoms with E-state index >= 15 is 0 Å². The van der Waals surface area contributed by atoms with Crippen LogP contribution < -0.4 is 0 Å². The van der Waals surface area contributed by atoms with E-state index in [1.807, 2.05) is 12.1 Å². The number of ether oxygens (including phenoxy) is 3. The molecule has 1 rings (SSSR count). The minimum atomic E-state index is 0.570. The van der Waals surface area contributed by atoms with Gasteiger partial charge in [0, 0.05) is 24.1 Å². The van der Waals surface area contributed by atoms with E-state index in [1.165, 1.54) is 5.56 Å². The molecule has 120 valence electrons. The molecule has 0 saturated carbocycles. The Hall–Kier alpha value is -0.130. The summed E-state index contributed by atoms with van der Waals surface area (Å²) < 4.78 is 15.8. The Bertz CT molecular complexity index is 359. The van der Waals surface area contributed by atoms with Gasteiger partial charge < -0.3 is 14.2 Å². The predicted octanol–water partition coefficient (Wildman–Crippen LogP) is 3.96. The van der Waals surface area contributed by atoms with E-state index in [-0.39, 0.29) is 0 Å². The van der Waals surface area contributed by atoms with E-state index in [4.69, 9.17) is 25.8 Å². The smallest absolute Gasteiger partial charge is 0.0701 e. The van der Waals surface area contributed by atoms with Crippen LogP contribution in [0.4, 0.5) is 0 Å². The largest absolute Gasteiger partial charge is 0.382 e. The predicted molar refractivity (Wildman–Crippen MR) is 90.6 cm³/mol. The first-order valence-electron chi connectivity index (χ1n) is 7.21. The zero-order valence-corrected chi connectivity index (χ0v) is 14.9. The molecule has 1 aromatic carbocycles. The summed E-state index contributed by atoms with van der Waals surface area (Å²) in [6, 6.07) is 8.05. The highest BCUT2D eigenvalue weighted by molar-refractivity contribution is 9.09. The third-order valence-corrected chi connectivity index (χ3v) is 4.30. The Morgan fingerprint density at radius 2 is 1.62 bits per heavy atom. The highest BCUT2D eigenvalue weighted by atomic mass is 79.9. The van der Waals surface area contributed by atoms with Crippen molar-refractivity contribution in [3.05, 3.63) is 34.9 Å². The maximum Gasteiger partial charge on any atom is 0.0701 e. The van der Waals surface area contributed by atoms with Crippen LogP contribution in [0.15, 0.2) is 24.3 Å². The van der Waals surface area contributed by atoms with Crippen LogP contribution in [0.5, 0.6) is 0 Å². The van der Waals surface area contributed by atoms with Crippen molar-refractivity contribution in [2.24, 2.45) is 5.92 Å². The summed E-state index contributed by atoms with van der Waals surface area (Å²) >= 11 is 9.48. The van der Waals surface area contributed by atoms with Crippen LogP contribution in [0.3, 0.4) is 0 Å². The van der Waals surface area contributed by atoms with E-state index < -0.39 is 0 Å². The fourth-order valence-corrected chi connectivity index (χ4v) is 2.58. The van der Waals surface area contributed by atoms with Crippen molar-refractivity contribution in [1.82, 2.24) is 0 Å². The summed E-state index contributed by atoms with van der Waals surface area (Å²) in [4.78, 5) is 0. The zero-order valence-electron chi connectivity index (χ0n) is 12.5. The number of alkyl halides is 1. The van der Waals surface area contributed by atoms with Gasteiger partial charge in [0.05, 0.1) is 26.4 Å². The lowest BCUT2D eigenvalue weighted by Crippen LogP contribution is -2.13. The van der Waals surface area contributed by atoms with Crippen molar-refractivity contribution in [2.45, 2.75) is 12.8 Å². The van der Waals surface area contributed by atoms with Crippen molar-refractivity contribution in [3.63, 3.8) is 0 Å². The average Bonchev–Trinajstić information content (AvgIpc) is 2.50. The third-order valence-electron chi connectivity index (χ3n) is 3.13. The molecule has 0 aliphatic rings. The van der Waals surface area contributed by atoms with Crippen LogP contribution in [0.1, 0.15) is 12.0 Å². The van der Waals surface area contributed by atoms with E-state index in [1.54, 1.807) is 7.11 Å². The van der Waals surface area contributed by atoms with E-state index in [9.17, 15) is 0 Å². The van der Waals surface area contributed by atoms with Gasteiger partial charge in [-0.15, -0.1) is 0 Å². The summed E-state index contributed by atoms with van der Waals surface area (Å²) in [7, 11) is 1.67. The van der Waals surface area contributed by atoms with Gasteiger partial charge in [-0.2, -0.15) is 0 Å². The number of hydrogen-bond acceptors (Lipinski definition) is 3. The fraction of sp³-hybridized carbons (Fsp3) is 0.625. The van der Waals surface area contributed by atoms with E-state index in [0.29, 0.717) is 32.3 Å². The molecule has 3 nitrogen and oxygen atoms in total. The summed E-state index contributed by atoms with van der Waals surface area (Å²) in [5.74, 6) is 0.570. The molecule has 0 N–H and O–H groups in total. The summed E-state index contributed by atoms with van der Waals surface area (Å²) in [5, 5.41) is 1.76. The van der Waals surface area contributed by atoms with Crippen molar-refractivity contribution in [3.8, 4) is 0 Å². The van der Waals surface area contributed by atoms with Crippen molar-refractivity contribution >= 4 is 27.5 Å². The first kappa shape index (κ1) is 18.9. The van der Waals surface area contributed by atoms with Crippen LogP contribution in [0, 0.1) is 5.92 Å². The molecule has 0 aromatic heterocycles. The maximum atomic E-state index is 5.90. The second kappa shape index (κ2) is 12.4. The molecule has 1 aromatic rings. The van der Waals surface area contributed by atoms with Crippen LogP contribution >= 0.6 is 27.5 Å². The standard InChI is InChI=1S/C16H24BrClO3/c1-19-8-9-21-11-10-20-7-6-15(13-17)12-14-2-4-16(18)5-3-14/h2-5,15H,6-13H2,1H3. The number of hydrogen-bond donors (Lipinski definition) is 0. The Kier molecular flexibility index (Phi) is 11.2. The highest BCUT2D eigenvalue weighted by Gasteiger charge is 2.08. The Labute approximate surface area is 141 Å². The minimum Gasteiger partial charge on any atom is -0.382 e. The van der Waals surface area contributed by atoms with Crippen LogP contribution in [0.2, 0.25) is 5.02 Å². The van der Waals surface area contributed by atoms with Crippen molar-refractivity contribution in [1.29, 1.82) is 0 Å². The Balaban J connectivity index is 2.09. The summed E-state index contributed by atoms with van der Waals surface area (Å²) in [6.07, 6.45) is 2.07. The first-order chi connectivity index (χ1) is 10.3. The minimum absolute atomic E-state index is 0.570. The van der Waals surface area contributed by atoms with Gasteiger partial charge >= 0.3 is 0 Å². The van der Waals surface area contributed by atoms with Crippen molar-refractivity contribution < 1.29 is 14.2 Å². The topological polar surface area (TPSA) is 27.7 Å². The molecule has 0 spiro atoms. The van der Waals surface area contributed by atoms with Gasteiger partial charge in [-0.1, -0.05) is 39.7 Å². The van der Waals surface area contributed by atoms with Crippen LogP contribution in [-0.4, -0.2) is 45.5 Å². The quantitative estimate of drug-likeness (QED) is 0.406. The van der Waals surface area contributed by atoms with Crippen LogP contribution in [-0.2, 0) is 20.6 Å². The molecule has 0 radical (unpaired) electrons. The molecular weight excluding hydrogens is 356 g/mol. The second-order valence-corrected chi connectivity index (χ2v) is 5.94. The molecule has 1 atom stereocenters. The van der Waals surface area contributed by atoms with Gasteiger partial charge in [-0.25, -0.2) is 0 Å². The summed E-state index contributed by atoms with van der Waals surface area (Å²) in [5.41, 5.74) is 1.31. The van der Waals surface area contributed by atoms with Gasteiger partial charge in [-0.05, 0) is 36.5 Å². The average molecular weight is 380 g/mol. The van der Waals surface area contributed by atoms with E-state index in [2.05, 4.69) is 28.1 Å². The third kappa shape index (κ3) is 9.48. The van der Waals surface area contributed by atoms with E-state index in [0.717, 1.165) is 29.8 Å². The molecule has 0 aliphatic heterocycles. The Morgan fingerprint density at radius 1 is 1.00 bits per heavy atom. The number of halogens is 2. The monoisotopic (exact) mass is 378 g/mol. The molecule has 5 heteroatoms. The van der Waals surface area contributed by atoms with Gasteiger partial charge in [0.2, 0.25) is 0 Å². The SMILES string of the molecule is COCCOCCOCCC(CBr)Cc1ccc(Cl)cc1. The highest BCUT2D eigenvalue weighted by Crippen LogP contribution is 2.17. The number of rotatable bonds is 12. The molecule has 0 aliphatic carbocycles. The number of benzene rings is 1. The fourth-order valence-electron chi connectivity index (χ4n) is 1.90. The van der Waals surface area contributed by atoms with Gasteiger partial charge in [0.25, 0.3) is 0 Å². The molecule has 0 saturated heterocycles. The molecule has 0 bridgehead atoms. The molecular formula is C16H24BrClO3. The second-order valence-electron chi connectivity index (χ2n) is 4.86. The van der Waals surface area contributed by atoms with Crippen molar-refractivity contribution in [2.75, 3.05) is 45.5 Å². The lowest BCUT2D eigenvalue weighted by atomic mass is 9.98. The lowest BCUT2D eigenvalue weighted by Gasteiger charge is -2.14. The molecule has 0 fully saturated rings. The lowest BCUT2D eigenvalue weighted by molar-refractivity contribution is 0.0223. The molecule has 21 heavy (non-hydrogen) atoms. The van der Waals surface area contributed by atoms with Crippen LogP contribution in [0.25, 0.3) is 0 Å². The Morgan fingerprint density at radius 3 is 2.24 bits per heavy atom. The van der Waals surface area contributed by atoms with Gasteiger partial charge in [0.1, 0.15) is 0 Å². The van der Waals surface area contributed by atoms with Gasteiger partial charge in [0.15, 0.2) is 0 Å². The molecule has 0 heterocycles. The summed E-state index contributed by atoms with van der Waals surface area (Å²) in [6.45, 7) is 3.28.